The van der Waals surface area contributed by atoms with Gasteiger partial charge in [0, 0.05) is 31.5 Å². The van der Waals surface area contributed by atoms with E-state index in [0.717, 1.165) is 12.1 Å². The van der Waals surface area contributed by atoms with Crippen molar-refractivity contribution < 1.29 is 4.68 Å². The molecular weight excluding hydrogens is 246 g/mol. The van der Waals surface area contributed by atoms with Gasteiger partial charge in [-0.25, -0.2) is 0 Å². The van der Waals surface area contributed by atoms with Crippen molar-refractivity contribution in [3.63, 3.8) is 0 Å². The van der Waals surface area contributed by atoms with E-state index in [0.29, 0.717) is 0 Å². The van der Waals surface area contributed by atoms with Crippen molar-refractivity contribution >= 4 is 12.3 Å². The van der Waals surface area contributed by atoms with E-state index in [4.69, 9.17) is 0 Å². The number of H-pyrrole nitrogens is 1. The van der Waals surface area contributed by atoms with Crippen molar-refractivity contribution in [1.29, 1.82) is 0 Å². The highest BCUT2D eigenvalue weighted by Gasteiger charge is 2.03. The monoisotopic (exact) mass is 266 g/mol. The Bertz CT molecular complexity index is 602. The topological polar surface area (TPSA) is 32.0 Å². The summed E-state index contributed by atoms with van der Waals surface area (Å²) in [6.45, 7) is 2.14. The van der Waals surface area contributed by atoms with Crippen LogP contribution in [-0.2, 0) is 0 Å². The second-order valence-corrected chi connectivity index (χ2v) is 4.43. The van der Waals surface area contributed by atoms with Crippen LogP contribution in [0, 0.1) is 0 Å². The number of nitrogens with one attached hydrogen (secondary N) is 1. The first-order valence-electron chi connectivity index (χ1n) is 6.78. The average Bonchev–Trinajstić information content (AvgIpc) is 3.02. The van der Waals surface area contributed by atoms with Crippen LogP contribution in [0.3, 0.4) is 0 Å². The predicted molar refractivity (Wildman–Crippen MR) is 84.1 cm³/mol. The molecule has 0 atom stereocenters. The molecule has 0 amide bonds. The Morgan fingerprint density at radius 3 is 2.70 bits per heavy atom. The van der Waals surface area contributed by atoms with E-state index in [9.17, 15) is 0 Å². The van der Waals surface area contributed by atoms with E-state index in [1.807, 2.05) is 35.4 Å². The van der Waals surface area contributed by atoms with Crippen LogP contribution >= 0.6 is 0 Å². The maximum Gasteiger partial charge on any atom is 0.235 e. The summed E-state index contributed by atoms with van der Waals surface area (Å²) in [6, 6.07) is 10.4. The molecule has 0 radical (unpaired) electrons. The van der Waals surface area contributed by atoms with E-state index in [1.165, 1.54) is 11.1 Å². The Balaban J connectivity index is 2.10. The van der Waals surface area contributed by atoms with Crippen molar-refractivity contribution in [1.82, 2.24) is 5.10 Å². The molecule has 0 saturated carbocycles. The first kappa shape index (κ1) is 14.0. The predicted octanol–water partition coefficient (Wildman–Crippen LogP) is 3.34. The van der Waals surface area contributed by atoms with E-state index >= 15 is 0 Å². The van der Waals surface area contributed by atoms with Gasteiger partial charge in [-0.05, 0) is 35.8 Å². The average molecular weight is 266 g/mol. The molecule has 3 nitrogen and oxygen atoms in total. The fraction of sp³-hybridized carbons (Fsp3) is 0.176. The summed E-state index contributed by atoms with van der Waals surface area (Å²) in [7, 11) is 1.78. The smallest absolute Gasteiger partial charge is 0.235 e. The van der Waals surface area contributed by atoms with Crippen LogP contribution in [0.4, 0.5) is 0 Å². The first-order valence-corrected chi connectivity index (χ1v) is 6.78. The molecule has 1 aromatic carbocycles. The summed E-state index contributed by atoms with van der Waals surface area (Å²) in [5.74, 6) is 0. The second-order valence-electron chi connectivity index (χ2n) is 4.43. The highest BCUT2D eigenvalue weighted by atomic mass is 15.3. The Labute approximate surface area is 120 Å². The molecule has 1 N–H and O–H groups in total. The lowest BCUT2D eigenvalue weighted by atomic mass is 10.1. The maximum atomic E-state index is 3.98. The van der Waals surface area contributed by atoms with Crippen LogP contribution in [0.15, 0.2) is 65.4 Å². The number of hydrogen-bond acceptors (Lipinski definition) is 1. The van der Waals surface area contributed by atoms with Crippen LogP contribution < -0.4 is 4.68 Å². The molecule has 2 rings (SSSR count). The Morgan fingerprint density at radius 1 is 1.30 bits per heavy atom. The van der Waals surface area contributed by atoms with E-state index in [2.05, 4.69) is 53.4 Å². The highest BCUT2D eigenvalue weighted by Crippen LogP contribution is 2.09. The molecule has 3 heteroatoms. The standard InChI is InChI=1S/C17H19N3/c1-3-15(11-13-18-2)5-6-16-7-9-17(10-8-16)20-14-4-12-19-20/h4-14H,3H2,1-2H3/p+1/b6-5+,15-11+,18-13?. The third-order valence-corrected chi connectivity index (χ3v) is 3.05. The van der Waals surface area contributed by atoms with Gasteiger partial charge in [0.25, 0.3) is 0 Å². The third kappa shape index (κ3) is 3.79. The summed E-state index contributed by atoms with van der Waals surface area (Å²) in [5, 5.41) is 3.13. The van der Waals surface area contributed by atoms with Crippen molar-refractivity contribution in [3.8, 4) is 5.69 Å². The maximum absolute atomic E-state index is 3.98. The van der Waals surface area contributed by atoms with Gasteiger partial charge in [-0.1, -0.05) is 23.8 Å². The molecule has 0 fully saturated rings. The summed E-state index contributed by atoms with van der Waals surface area (Å²) in [6.07, 6.45) is 13.0. The van der Waals surface area contributed by atoms with Crippen LogP contribution in [0.25, 0.3) is 11.8 Å². The van der Waals surface area contributed by atoms with Crippen molar-refractivity contribution in [2.45, 2.75) is 13.3 Å². The molecule has 0 aliphatic heterocycles. The fourth-order valence-electron chi connectivity index (χ4n) is 1.87. The highest BCUT2D eigenvalue weighted by molar-refractivity contribution is 5.73. The van der Waals surface area contributed by atoms with Gasteiger partial charge in [0.05, 0.1) is 6.20 Å². The number of aromatic nitrogens is 2. The van der Waals surface area contributed by atoms with Gasteiger partial charge in [0.1, 0.15) is 0 Å². The molecule has 0 unspecified atom stereocenters. The normalized spacial score (nSPS) is 12.6. The van der Waals surface area contributed by atoms with Crippen LogP contribution in [0.2, 0.25) is 0 Å². The Morgan fingerprint density at radius 2 is 2.10 bits per heavy atom. The molecule has 1 heterocycles. The molecule has 102 valence electrons. The van der Waals surface area contributed by atoms with Crippen molar-refractivity contribution in [2.75, 3.05) is 7.05 Å². The quantitative estimate of drug-likeness (QED) is 0.489. The lowest BCUT2D eigenvalue weighted by Crippen LogP contribution is -2.30. The SMILES string of the molecule is CCC(/C=C/c1ccc(-[n+]2ccc[nH]2)cc1)=C\C=NC. The largest absolute Gasteiger partial charge is 0.297 e. The zero-order chi connectivity index (χ0) is 14.2. The molecule has 2 aromatic rings. The molecule has 20 heavy (non-hydrogen) atoms. The van der Waals surface area contributed by atoms with E-state index < -0.39 is 0 Å². The molecule has 1 aromatic heterocycles. The Kier molecular flexibility index (Phi) is 5.07. The number of hydrogen-bond donors (Lipinski definition) is 1. The van der Waals surface area contributed by atoms with Crippen molar-refractivity contribution in [3.05, 3.63) is 66.0 Å². The van der Waals surface area contributed by atoms with E-state index in [1.54, 1.807) is 7.05 Å². The summed E-state index contributed by atoms with van der Waals surface area (Å²) in [4.78, 5) is 3.98. The molecule has 0 bridgehead atoms. The first-order chi connectivity index (χ1) is 9.83. The van der Waals surface area contributed by atoms with Gasteiger partial charge in [-0.2, -0.15) is 5.10 Å². The van der Waals surface area contributed by atoms with Crippen LogP contribution in [0.5, 0.6) is 0 Å². The van der Waals surface area contributed by atoms with Gasteiger partial charge >= 0.3 is 0 Å². The minimum atomic E-state index is 0.999. The van der Waals surface area contributed by atoms with Gasteiger partial charge in [0.15, 0.2) is 0 Å². The summed E-state index contributed by atoms with van der Waals surface area (Å²) in [5.41, 5.74) is 3.57. The second kappa shape index (κ2) is 7.24. The zero-order valence-electron chi connectivity index (χ0n) is 12.0. The third-order valence-electron chi connectivity index (χ3n) is 3.05. The van der Waals surface area contributed by atoms with Gasteiger partial charge in [-0.15, -0.1) is 0 Å². The number of rotatable bonds is 5. The summed E-state index contributed by atoms with van der Waals surface area (Å²) >= 11 is 0. The van der Waals surface area contributed by atoms with Gasteiger partial charge in [0.2, 0.25) is 11.9 Å². The molecule has 0 saturated heterocycles. The Hall–Kier alpha value is -2.42. The fourth-order valence-corrected chi connectivity index (χ4v) is 1.87. The molecular formula is C17H20N3+. The number of aromatic amines is 1. The molecule has 0 aliphatic carbocycles. The van der Waals surface area contributed by atoms with Gasteiger partial charge in [-0.3, -0.25) is 4.99 Å². The number of benzene rings is 1. The van der Waals surface area contributed by atoms with Crippen LogP contribution in [0.1, 0.15) is 18.9 Å². The minimum absolute atomic E-state index is 0.999. The summed E-state index contributed by atoms with van der Waals surface area (Å²) < 4.78 is 1.97. The van der Waals surface area contributed by atoms with Crippen LogP contribution in [-0.4, -0.2) is 18.4 Å². The van der Waals surface area contributed by atoms with E-state index in [-0.39, 0.29) is 0 Å². The number of aliphatic imine (C=N–C) groups is 1. The lowest BCUT2D eigenvalue weighted by molar-refractivity contribution is -0.655. The number of allylic oxidation sites excluding steroid dienone is 3. The lowest BCUT2D eigenvalue weighted by Gasteiger charge is -1.96. The van der Waals surface area contributed by atoms with Crippen molar-refractivity contribution in [2.24, 2.45) is 4.99 Å². The molecule has 0 spiro atoms. The van der Waals surface area contributed by atoms with Gasteiger partial charge < -0.3 is 0 Å². The minimum Gasteiger partial charge on any atom is -0.297 e. The molecule has 0 aliphatic rings. The number of nitrogens with zero attached hydrogens (tertiary/aromatic N) is 2. The zero-order valence-corrected chi connectivity index (χ0v) is 12.0.